The van der Waals surface area contributed by atoms with Crippen molar-refractivity contribution >= 4 is 29.9 Å². The van der Waals surface area contributed by atoms with Crippen molar-refractivity contribution in [1.29, 1.82) is 0 Å². The summed E-state index contributed by atoms with van der Waals surface area (Å²) in [5.41, 5.74) is 1.50. The fourth-order valence-electron chi connectivity index (χ4n) is 3.51. The zero-order valence-corrected chi connectivity index (χ0v) is 17.7. The normalized spacial score (nSPS) is 17.7. The molecule has 26 heavy (non-hydrogen) atoms. The molecule has 1 aliphatic heterocycles. The largest absolute Gasteiger partial charge is 0.467 e. The Morgan fingerprint density at radius 3 is 2.81 bits per heavy atom. The highest BCUT2D eigenvalue weighted by molar-refractivity contribution is 14.0. The summed E-state index contributed by atoms with van der Waals surface area (Å²) in [6.45, 7) is 4.74. The van der Waals surface area contributed by atoms with Crippen molar-refractivity contribution in [1.82, 2.24) is 10.6 Å². The van der Waals surface area contributed by atoms with E-state index in [1.165, 1.54) is 44.2 Å². The van der Waals surface area contributed by atoms with Crippen molar-refractivity contribution < 1.29 is 13.9 Å². The van der Waals surface area contributed by atoms with Gasteiger partial charge in [-0.05, 0) is 37.8 Å². The quantitative estimate of drug-likeness (QED) is 0.383. The monoisotopic (exact) mass is 477 g/mol. The molecule has 146 valence electrons. The third-order valence-corrected chi connectivity index (χ3v) is 4.79. The van der Waals surface area contributed by atoms with Crippen LogP contribution in [0.15, 0.2) is 17.1 Å². The molecule has 7 heteroatoms. The molecule has 1 aromatic carbocycles. The highest BCUT2D eigenvalue weighted by Gasteiger charge is 2.17. The second kappa shape index (κ2) is 10.9. The Morgan fingerprint density at radius 1 is 1.23 bits per heavy atom. The fourth-order valence-corrected chi connectivity index (χ4v) is 3.51. The van der Waals surface area contributed by atoms with Gasteiger partial charge in [0.15, 0.2) is 12.8 Å². The lowest BCUT2D eigenvalue weighted by molar-refractivity contribution is -0.0172. The van der Waals surface area contributed by atoms with Gasteiger partial charge in [0.2, 0.25) is 0 Å². The van der Waals surface area contributed by atoms with E-state index in [4.69, 9.17) is 9.47 Å². The van der Waals surface area contributed by atoms with Gasteiger partial charge in [-0.1, -0.05) is 19.3 Å². The Balaban J connectivity index is 0.00000243. The zero-order valence-electron chi connectivity index (χ0n) is 15.4. The van der Waals surface area contributed by atoms with Crippen molar-refractivity contribution in [3.63, 3.8) is 0 Å². The number of benzene rings is 1. The summed E-state index contributed by atoms with van der Waals surface area (Å²) >= 11 is 0. The van der Waals surface area contributed by atoms with Crippen molar-refractivity contribution in [2.45, 2.75) is 52.2 Å². The van der Waals surface area contributed by atoms with Crippen molar-refractivity contribution in [2.24, 2.45) is 10.9 Å². The Bertz CT molecular complexity index is 607. The number of nitrogens with one attached hydrogen (secondary N) is 2. The number of guanidine groups is 1. The number of aliphatic imine (C=N–C) groups is 1. The minimum absolute atomic E-state index is 0. The molecule has 0 spiro atoms. The molecule has 0 aromatic heterocycles. The van der Waals surface area contributed by atoms with E-state index in [9.17, 15) is 4.39 Å². The van der Waals surface area contributed by atoms with Gasteiger partial charge >= 0.3 is 0 Å². The average Bonchev–Trinajstić information content (AvgIpc) is 2.64. The van der Waals surface area contributed by atoms with E-state index < -0.39 is 0 Å². The summed E-state index contributed by atoms with van der Waals surface area (Å²) in [7, 11) is 0. The average molecular weight is 477 g/mol. The van der Waals surface area contributed by atoms with Gasteiger partial charge in [-0.2, -0.15) is 0 Å². The van der Waals surface area contributed by atoms with Gasteiger partial charge in [-0.25, -0.2) is 9.38 Å². The Labute approximate surface area is 172 Å². The van der Waals surface area contributed by atoms with E-state index in [-0.39, 0.29) is 36.6 Å². The smallest absolute Gasteiger partial charge is 0.191 e. The molecule has 2 aliphatic rings. The van der Waals surface area contributed by atoms with Crippen LogP contribution in [0.3, 0.4) is 0 Å². The molecule has 1 aromatic rings. The van der Waals surface area contributed by atoms with Crippen LogP contribution in [0.2, 0.25) is 0 Å². The van der Waals surface area contributed by atoms with Crippen LogP contribution in [-0.2, 0) is 17.9 Å². The molecule has 1 fully saturated rings. The topological polar surface area (TPSA) is 54.9 Å². The van der Waals surface area contributed by atoms with E-state index in [0.717, 1.165) is 36.1 Å². The van der Waals surface area contributed by atoms with Crippen LogP contribution < -0.4 is 15.4 Å². The predicted molar refractivity (Wildman–Crippen MR) is 111 cm³/mol. The van der Waals surface area contributed by atoms with E-state index in [2.05, 4.69) is 15.6 Å². The molecule has 0 bridgehead atoms. The second-order valence-corrected chi connectivity index (χ2v) is 6.74. The van der Waals surface area contributed by atoms with Crippen LogP contribution in [0.25, 0.3) is 0 Å². The van der Waals surface area contributed by atoms with Gasteiger partial charge in [0, 0.05) is 24.2 Å². The Morgan fingerprint density at radius 2 is 2.04 bits per heavy atom. The lowest BCUT2D eigenvalue weighted by Crippen LogP contribution is -2.40. The predicted octanol–water partition coefficient (Wildman–Crippen LogP) is 3.95. The maximum Gasteiger partial charge on any atom is 0.191 e. The van der Waals surface area contributed by atoms with E-state index in [1.807, 2.05) is 6.92 Å². The molecule has 2 N–H and O–H groups in total. The number of rotatable bonds is 5. The van der Waals surface area contributed by atoms with Crippen LogP contribution in [0.1, 0.15) is 50.2 Å². The van der Waals surface area contributed by atoms with E-state index >= 15 is 0 Å². The van der Waals surface area contributed by atoms with Crippen molar-refractivity contribution in [2.75, 3.05) is 19.9 Å². The first kappa shape index (κ1) is 21.2. The highest BCUT2D eigenvalue weighted by Crippen LogP contribution is 2.30. The molecule has 1 heterocycles. The van der Waals surface area contributed by atoms with Crippen LogP contribution in [0, 0.1) is 11.7 Å². The third kappa shape index (κ3) is 5.97. The summed E-state index contributed by atoms with van der Waals surface area (Å²) in [6.07, 6.45) is 6.60. The lowest BCUT2D eigenvalue weighted by atomic mass is 9.89. The minimum atomic E-state index is -0.279. The van der Waals surface area contributed by atoms with Crippen LogP contribution in [0.4, 0.5) is 4.39 Å². The maximum atomic E-state index is 13.8. The summed E-state index contributed by atoms with van der Waals surface area (Å²) in [5, 5.41) is 6.70. The highest BCUT2D eigenvalue weighted by atomic mass is 127. The van der Waals surface area contributed by atoms with E-state index in [0.29, 0.717) is 18.9 Å². The molecular formula is C19H29FIN3O2. The molecule has 0 radical (unpaired) electrons. The lowest BCUT2D eigenvalue weighted by Gasteiger charge is -2.23. The molecular weight excluding hydrogens is 448 g/mol. The van der Waals surface area contributed by atoms with Gasteiger partial charge in [0.25, 0.3) is 0 Å². The first-order chi connectivity index (χ1) is 12.3. The zero-order chi connectivity index (χ0) is 17.5. The maximum absolute atomic E-state index is 13.8. The number of nitrogens with zero attached hydrogens (tertiary/aromatic N) is 1. The number of halogens is 2. The first-order valence-corrected chi connectivity index (χ1v) is 9.30. The number of hydrogen-bond donors (Lipinski definition) is 2. The summed E-state index contributed by atoms with van der Waals surface area (Å²) in [5.74, 6) is 1.93. The van der Waals surface area contributed by atoms with Gasteiger partial charge in [0.1, 0.15) is 11.6 Å². The summed E-state index contributed by atoms with van der Waals surface area (Å²) in [6, 6.07) is 2.96. The SMILES string of the molecule is CCNC(=NCc1cc(F)cc2c1OCOC2)NCC1CCCCC1.I. The number of fused-ring (bicyclic) bond motifs is 1. The van der Waals surface area contributed by atoms with Crippen molar-refractivity contribution in [3.05, 3.63) is 29.1 Å². The molecule has 0 atom stereocenters. The van der Waals surface area contributed by atoms with Gasteiger partial charge < -0.3 is 20.1 Å². The third-order valence-electron chi connectivity index (χ3n) is 4.79. The Kier molecular flexibility index (Phi) is 8.90. The molecule has 3 rings (SSSR count). The van der Waals surface area contributed by atoms with Gasteiger partial charge in [-0.15, -0.1) is 24.0 Å². The standard InChI is InChI=1S/C19H28FN3O2.HI/c1-2-21-19(22-10-14-6-4-3-5-7-14)23-11-15-8-17(20)9-16-12-24-13-25-18(15)16;/h8-9,14H,2-7,10-13H2,1H3,(H2,21,22,23);1H. The molecule has 1 aliphatic carbocycles. The van der Waals surface area contributed by atoms with Crippen LogP contribution in [0.5, 0.6) is 5.75 Å². The molecule has 0 unspecified atom stereocenters. The molecule has 0 saturated heterocycles. The van der Waals surface area contributed by atoms with Crippen LogP contribution in [-0.4, -0.2) is 25.8 Å². The van der Waals surface area contributed by atoms with Gasteiger partial charge in [0.05, 0.1) is 13.2 Å². The first-order valence-electron chi connectivity index (χ1n) is 9.30. The van der Waals surface area contributed by atoms with E-state index in [1.54, 1.807) is 0 Å². The minimum Gasteiger partial charge on any atom is -0.467 e. The second-order valence-electron chi connectivity index (χ2n) is 6.74. The van der Waals surface area contributed by atoms with Gasteiger partial charge in [-0.3, -0.25) is 0 Å². The van der Waals surface area contributed by atoms with Crippen molar-refractivity contribution in [3.8, 4) is 5.75 Å². The number of ether oxygens (including phenoxy) is 2. The summed E-state index contributed by atoms with van der Waals surface area (Å²) in [4.78, 5) is 4.62. The van der Waals surface area contributed by atoms with Crippen LogP contribution >= 0.6 is 24.0 Å². The Hall–Kier alpha value is -1.09. The molecule has 1 saturated carbocycles. The fraction of sp³-hybridized carbons (Fsp3) is 0.632. The molecule has 0 amide bonds. The summed E-state index contributed by atoms with van der Waals surface area (Å²) < 4.78 is 24.6. The number of hydrogen-bond acceptors (Lipinski definition) is 3. The molecule has 5 nitrogen and oxygen atoms in total.